The first-order valence-electron chi connectivity index (χ1n) is 6.22. The number of halogens is 2. The summed E-state index contributed by atoms with van der Waals surface area (Å²) < 4.78 is 4.72. The van der Waals surface area contributed by atoms with Gasteiger partial charge in [-0.3, -0.25) is 0 Å². The Morgan fingerprint density at radius 3 is 2.58 bits per heavy atom. The Kier molecular flexibility index (Phi) is 2.45. The number of nitrogens with zero attached hydrogens (tertiary/aromatic N) is 1. The third-order valence-corrected chi connectivity index (χ3v) is 4.92. The SMILES string of the molecule is Cc1c2n(c3ccc(Br)cc13)Cc1cc(Br)ccc1-2. The third-order valence-electron chi connectivity index (χ3n) is 3.93. The van der Waals surface area contributed by atoms with Crippen molar-refractivity contribution < 1.29 is 0 Å². The van der Waals surface area contributed by atoms with Crippen LogP contribution in [0.15, 0.2) is 45.3 Å². The largest absolute Gasteiger partial charge is 0.336 e. The Labute approximate surface area is 128 Å². The first-order chi connectivity index (χ1) is 9.15. The van der Waals surface area contributed by atoms with Crippen LogP contribution in [0.3, 0.4) is 0 Å². The fourth-order valence-corrected chi connectivity index (χ4v) is 3.87. The van der Waals surface area contributed by atoms with Crippen molar-refractivity contribution >= 4 is 42.8 Å². The van der Waals surface area contributed by atoms with Crippen molar-refractivity contribution in [2.45, 2.75) is 13.5 Å². The number of aryl methyl sites for hydroxylation is 1. The van der Waals surface area contributed by atoms with Crippen molar-refractivity contribution in [2.24, 2.45) is 0 Å². The maximum absolute atomic E-state index is 3.57. The molecule has 0 spiro atoms. The lowest BCUT2D eigenvalue weighted by atomic mass is 10.0. The molecule has 1 aliphatic heterocycles. The zero-order valence-corrected chi connectivity index (χ0v) is 13.5. The minimum Gasteiger partial charge on any atom is -0.336 e. The number of fused-ring (bicyclic) bond motifs is 5. The molecule has 0 N–H and O–H groups in total. The van der Waals surface area contributed by atoms with Crippen LogP contribution in [-0.2, 0) is 6.54 Å². The fraction of sp³-hybridized carbons (Fsp3) is 0.125. The molecule has 0 fully saturated rings. The minimum atomic E-state index is 0.968. The topological polar surface area (TPSA) is 4.93 Å². The van der Waals surface area contributed by atoms with Gasteiger partial charge in [0.25, 0.3) is 0 Å². The highest BCUT2D eigenvalue weighted by molar-refractivity contribution is 9.10. The molecule has 1 aromatic heterocycles. The average Bonchev–Trinajstić information content (AvgIpc) is 2.86. The van der Waals surface area contributed by atoms with Crippen LogP contribution in [0.4, 0.5) is 0 Å². The van der Waals surface area contributed by atoms with Crippen LogP contribution in [0.1, 0.15) is 11.1 Å². The Morgan fingerprint density at radius 2 is 1.74 bits per heavy atom. The van der Waals surface area contributed by atoms with Crippen LogP contribution in [0, 0.1) is 6.92 Å². The predicted molar refractivity (Wildman–Crippen MR) is 86.6 cm³/mol. The lowest BCUT2D eigenvalue weighted by molar-refractivity contribution is 0.884. The van der Waals surface area contributed by atoms with E-state index >= 15 is 0 Å². The number of aromatic nitrogens is 1. The van der Waals surface area contributed by atoms with Crippen LogP contribution in [0.5, 0.6) is 0 Å². The van der Waals surface area contributed by atoms with Gasteiger partial charge in [-0.25, -0.2) is 0 Å². The molecule has 0 bridgehead atoms. The van der Waals surface area contributed by atoms with Crippen molar-refractivity contribution in [1.82, 2.24) is 4.57 Å². The molecule has 94 valence electrons. The Bertz CT molecular complexity index is 830. The molecule has 0 saturated carbocycles. The predicted octanol–water partition coefficient (Wildman–Crippen LogP) is 5.50. The van der Waals surface area contributed by atoms with Crippen LogP contribution in [0.25, 0.3) is 22.2 Å². The molecule has 0 aliphatic carbocycles. The summed E-state index contributed by atoms with van der Waals surface area (Å²) in [7, 11) is 0. The van der Waals surface area contributed by atoms with Crippen LogP contribution in [-0.4, -0.2) is 4.57 Å². The molecule has 3 heteroatoms. The third kappa shape index (κ3) is 1.58. The number of rotatable bonds is 0. The number of benzene rings is 2. The van der Waals surface area contributed by atoms with E-state index < -0.39 is 0 Å². The summed E-state index contributed by atoms with van der Waals surface area (Å²) >= 11 is 7.13. The molecule has 0 saturated heterocycles. The standard InChI is InChI=1S/C16H11Br2N/c1-9-14-7-12(18)3-5-15(14)19-8-10-6-11(17)2-4-13(10)16(9)19/h2-7H,8H2,1H3. The molecule has 0 radical (unpaired) electrons. The van der Waals surface area contributed by atoms with Gasteiger partial charge in [0.1, 0.15) is 0 Å². The van der Waals surface area contributed by atoms with E-state index in [4.69, 9.17) is 0 Å². The lowest BCUT2D eigenvalue weighted by Gasteiger charge is -2.02. The van der Waals surface area contributed by atoms with Gasteiger partial charge in [-0.1, -0.05) is 37.9 Å². The fourth-order valence-electron chi connectivity index (χ4n) is 3.10. The molecule has 1 aliphatic rings. The van der Waals surface area contributed by atoms with E-state index in [9.17, 15) is 0 Å². The first-order valence-corrected chi connectivity index (χ1v) is 7.81. The normalized spacial score (nSPS) is 12.8. The van der Waals surface area contributed by atoms with Crippen LogP contribution < -0.4 is 0 Å². The molecular formula is C16H11Br2N. The van der Waals surface area contributed by atoms with Crippen molar-refractivity contribution in [1.29, 1.82) is 0 Å². The van der Waals surface area contributed by atoms with Gasteiger partial charge >= 0.3 is 0 Å². The second-order valence-corrected chi connectivity index (χ2v) is 6.85. The molecule has 3 aromatic rings. The molecule has 2 heterocycles. The highest BCUT2D eigenvalue weighted by Gasteiger charge is 2.24. The summed E-state index contributed by atoms with van der Waals surface area (Å²) in [5.41, 5.74) is 6.83. The van der Waals surface area contributed by atoms with E-state index in [0.29, 0.717) is 0 Å². The minimum absolute atomic E-state index is 0.968. The van der Waals surface area contributed by atoms with Crippen LogP contribution >= 0.6 is 31.9 Å². The van der Waals surface area contributed by atoms with Crippen molar-refractivity contribution in [3.63, 3.8) is 0 Å². The zero-order valence-electron chi connectivity index (χ0n) is 10.4. The molecule has 0 amide bonds. The van der Waals surface area contributed by atoms with Crippen molar-refractivity contribution in [3.8, 4) is 11.3 Å². The average molecular weight is 377 g/mol. The highest BCUT2D eigenvalue weighted by Crippen LogP contribution is 2.41. The summed E-state index contributed by atoms with van der Waals surface area (Å²) in [6, 6.07) is 13.1. The Hall–Kier alpha value is -1.06. The molecular weight excluding hydrogens is 366 g/mol. The molecule has 1 nitrogen and oxygen atoms in total. The van der Waals surface area contributed by atoms with Gasteiger partial charge in [-0.15, -0.1) is 0 Å². The zero-order chi connectivity index (χ0) is 13.1. The van der Waals surface area contributed by atoms with Gasteiger partial charge < -0.3 is 4.57 Å². The van der Waals surface area contributed by atoms with Crippen molar-refractivity contribution in [2.75, 3.05) is 0 Å². The van der Waals surface area contributed by atoms with Gasteiger partial charge in [0.05, 0.1) is 5.69 Å². The highest BCUT2D eigenvalue weighted by atomic mass is 79.9. The van der Waals surface area contributed by atoms with Crippen molar-refractivity contribution in [3.05, 3.63) is 56.5 Å². The maximum Gasteiger partial charge on any atom is 0.0527 e. The van der Waals surface area contributed by atoms with E-state index in [1.807, 2.05) is 0 Å². The monoisotopic (exact) mass is 375 g/mol. The Morgan fingerprint density at radius 1 is 1.00 bits per heavy atom. The number of hydrogen-bond donors (Lipinski definition) is 0. The van der Waals surface area contributed by atoms with Gasteiger partial charge in [0.2, 0.25) is 0 Å². The second kappa shape index (κ2) is 3.97. The van der Waals surface area contributed by atoms with E-state index in [2.05, 4.69) is 79.7 Å². The summed E-state index contributed by atoms with van der Waals surface area (Å²) in [6.07, 6.45) is 0. The Balaban J connectivity index is 2.10. The lowest BCUT2D eigenvalue weighted by Crippen LogP contribution is -1.91. The molecule has 0 unspecified atom stereocenters. The van der Waals surface area contributed by atoms with E-state index in [-0.39, 0.29) is 0 Å². The smallest absolute Gasteiger partial charge is 0.0527 e. The molecule has 0 atom stereocenters. The summed E-state index contributed by atoms with van der Waals surface area (Å²) in [5, 5.41) is 1.35. The van der Waals surface area contributed by atoms with E-state index in [1.54, 1.807) is 0 Å². The van der Waals surface area contributed by atoms with Gasteiger partial charge in [0.15, 0.2) is 0 Å². The molecule has 2 aromatic carbocycles. The van der Waals surface area contributed by atoms with Crippen LogP contribution in [0.2, 0.25) is 0 Å². The summed E-state index contributed by atoms with van der Waals surface area (Å²) in [6.45, 7) is 3.19. The molecule has 4 rings (SSSR count). The first kappa shape index (κ1) is 11.7. The van der Waals surface area contributed by atoms with E-state index in [1.165, 1.54) is 33.3 Å². The quantitative estimate of drug-likeness (QED) is 0.381. The maximum atomic E-state index is 3.57. The summed E-state index contributed by atoms with van der Waals surface area (Å²) in [5.74, 6) is 0. The summed E-state index contributed by atoms with van der Waals surface area (Å²) in [4.78, 5) is 0. The number of hydrogen-bond acceptors (Lipinski definition) is 0. The second-order valence-electron chi connectivity index (χ2n) is 5.02. The molecule has 19 heavy (non-hydrogen) atoms. The van der Waals surface area contributed by atoms with E-state index in [0.717, 1.165) is 15.5 Å². The van der Waals surface area contributed by atoms with Gasteiger partial charge in [-0.2, -0.15) is 0 Å². The van der Waals surface area contributed by atoms with Gasteiger partial charge in [0, 0.05) is 32.0 Å². The van der Waals surface area contributed by atoms with Gasteiger partial charge in [-0.05, 0) is 48.4 Å².